The normalized spacial score (nSPS) is 10.4. The van der Waals surface area contributed by atoms with Gasteiger partial charge in [-0.25, -0.2) is 4.39 Å². The van der Waals surface area contributed by atoms with Crippen molar-refractivity contribution in [3.05, 3.63) is 65.5 Å². The number of aryl methyl sites for hydroxylation is 1. The number of amides is 3. The molecule has 0 saturated carbocycles. The van der Waals surface area contributed by atoms with Crippen LogP contribution in [0.1, 0.15) is 30.9 Å². The molecule has 0 heterocycles. The van der Waals surface area contributed by atoms with E-state index in [0.29, 0.717) is 17.8 Å². The van der Waals surface area contributed by atoms with E-state index >= 15 is 0 Å². The van der Waals surface area contributed by atoms with Gasteiger partial charge >= 0.3 is 0 Å². The second kappa shape index (κ2) is 11.7. The molecular weight excluding hydrogens is 385 g/mol. The molecule has 0 bridgehead atoms. The van der Waals surface area contributed by atoms with E-state index in [2.05, 4.69) is 10.6 Å². The van der Waals surface area contributed by atoms with Gasteiger partial charge in [-0.3, -0.25) is 14.4 Å². The predicted molar refractivity (Wildman–Crippen MR) is 114 cm³/mol. The third-order valence-electron chi connectivity index (χ3n) is 4.52. The summed E-state index contributed by atoms with van der Waals surface area (Å²) in [5.74, 6) is -1.32. The van der Waals surface area contributed by atoms with Crippen LogP contribution in [0.4, 0.5) is 10.1 Å². The van der Waals surface area contributed by atoms with Crippen molar-refractivity contribution in [2.45, 2.75) is 33.1 Å². The summed E-state index contributed by atoms with van der Waals surface area (Å²) in [6.45, 7) is 4.09. The topological polar surface area (TPSA) is 78.5 Å². The van der Waals surface area contributed by atoms with Gasteiger partial charge in [-0.2, -0.15) is 0 Å². The van der Waals surface area contributed by atoms with Crippen LogP contribution in [0.3, 0.4) is 0 Å². The maximum Gasteiger partial charge on any atom is 0.243 e. The molecule has 0 atom stereocenters. The van der Waals surface area contributed by atoms with Crippen LogP contribution in [0.15, 0.2) is 48.5 Å². The van der Waals surface area contributed by atoms with E-state index in [9.17, 15) is 18.8 Å². The molecule has 7 heteroatoms. The minimum absolute atomic E-state index is 0.0885. The molecule has 0 aliphatic rings. The molecule has 2 N–H and O–H groups in total. The molecule has 30 heavy (non-hydrogen) atoms. The van der Waals surface area contributed by atoms with Gasteiger partial charge in [-0.15, -0.1) is 0 Å². The number of unbranched alkanes of at least 4 members (excludes halogenated alkanes) is 1. The van der Waals surface area contributed by atoms with Crippen LogP contribution >= 0.6 is 0 Å². The standard InChI is InChI=1S/C23H28FN3O3/c1-3-4-13-27(23(30)14-18-7-9-19(24)10-8-18)16-22(29)25-15-21(28)26-20-11-5-17(2)6-12-20/h5-12H,3-4,13-16H2,1-2H3,(H,25,29)(H,26,28). The van der Waals surface area contributed by atoms with Crippen molar-refractivity contribution < 1.29 is 18.8 Å². The van der Waals surface area contributed by atoms with E-state index in [-0.39, 0.29) is 37.1 Å². The van der Waals surface area contributed by atoms with Crippen molar-refractivity contribution in [2.75, 3.05) is 25.0 Å². The lowest BCUT2D eigenvalue weighted by Gasteiger charge is -2.22. The van der Waals surface area contributed by atoms with Gasteiger partial charge in [0.05, 0.1) is 19.5 Å². The Morgan fingerprint density at radius 2 is 1.63 bits per heavy atom. The van der Waals surface area contributed by atoms with Gasteiger partial charge in [0, 0.05) is 12.2 Å². The van der Waals surface area contributed by atoms with E-state index in [1.54, 1.807) is 24.3 Å². The Kier molecular flexibility index (Phi) is 9.00. The van der Waals surface area contributed by atoms with E-state index in [1.807, 2.05) is 26.0 Å². The molecule has 0 fully saturated rings. The first-order chi connectivity index (χ1) is 14.4. The molecule has 0 saturated heterocycles. The molecule has 2 rings (SSSR count). The molecule has 0 aliphatic carbocycles. The van der Waals surface area contributed by atoms with Gasteiger partial charge in [0.1, 0.15) is 5.82 Å². The van der Waals surface area contributed by atoms with Gasteiger partial charge in [-0.05, 0) is 43.2 Å². The summed E-state index contributed by atoms with van der Waals surface area (Å²) in [5, 5.41) is 5.26. The smallest absolute Gasteiger partial charge is 0.243 e. The minimum Gasteiger partial charge on any atom is -0.345 e. The SMILES string of the molecule is CCCCN(CC(=O)NCC(=O)Nc1ccc(C)cc1)C(=O)Cc1ccc(F)cc1. The average Bonchev–Trinajstić information content (AvgIpc) is 2.73. The fourth-order valence-corrected chi connectivity index (χ4v) is 2.78. The summed E-state index contributed by atoms with van der Waals surface area (Å²) in [7, 11) is 0. The first kappa shape index (κ1) is 23.1. The molecule has 0 aromatic heterocycles. The number of nitrogens with zero attached hydrogens (tertiary/aromatic N) is 1. The van der Waals surface area contributed by atoms with Gasteiger partial charge in [0.25, 0.3) is 0 Å². The second-order valence-electron chi connectivity index (χ2n) is 7.16. The zero-order valence-corrected chi connectivity index (χ0v) is 17.4. The average molecular weight is 413 g/mol. The Morgan fingerprint density at radius 3 is 2.27 bits per heavy atom. The van der Waals surface area contributed by atoms with Crippen LogP contribution in [0.2, 0.25) is 0 Å². The van der Waals surface area contributed by atoms with Crippen molar-refractivity contribution in [3.63, 3.8) is 0 Å². The highest BCUT2D eigenvalue weighted by Crippen LogP contribution is 2.08. The summed E-state index contributed by atoms with van der Waals surface area (Å²) in [6.07, 6.45) is 1.72. The first-order valence-electron chi connectivity index (χ1n) is 10.0. The van der Waals surface area contributed by atoms with Crippen LogP contribution in [0.25, 0.3) is 0 Å². The quantitative estimate of drug-likeness (QED) is 0.628. The number of halogens is 1. The molecule has 0 unspecified atom stereocenters. The van der Waals surface area contributed by atoms with Crippen LogP contribution in [-0.4, -0.2) is 42.3 Å². The highest BCUT2D eigenvalue weighted by molar-refractivity contribution is 5.95. The van der Waals surface area contributed by atoms with Crippen LogP contribution in [0.5, 0.6) is 0 Å². The van der Waals surface area contributed by atoms with Crippen molar-refractivity contribution in [2.24, 2.45) is 0 Å². The highest BCUT2D eigenvalue weighted by Gasteiger charge is 2.17. The zero-order valence-electron chi connectivity index (χ0n) is 17.4. The van der Waals surface area contributed by atoms with Crippen molar-refractivity contribution >= 4 is 23.4 Å². The van der Waals surface area contributed by atoms with E-state index in [4.69, 9.17) is 0 Å². The monoisotopic (exact) mass is 413 g/mol. The van der Waals surface area contributed by atoms with Gasteiger partial charge in [-0.1, -0.05) is 43.2 Å². The lowest BCUT2D eigenvalue weighted by Crippen LogP contribution is -2.43. The number of carbonyl (C=O) groups excluding carboxylic acids is 3. The van der Waals surface area contributed by atoms with Gasteiger partial charge < -0.3 is 15.5 Å². The van der Waals surface area contributed by atoms with Crippen LogP contribution < -0.4 is 10.6 Å². The summed E-state index contributed by atoms with van der Waals surface area (Å²) < 4.78 is 13.0. The predicted octanol–water partition coefficient (Wildman–Crippen LogP) is 3.06. The third kappa shape index (κ3) is 8.03. The van der Waals surface area contributed by atoms with Crippen molar-refractivity contribution in [3.8, 4) is 0 Å². The number of benzene rings is 2. The molecule has 0 spiro atoms. The zero-order chi connectivity index (χ0) is 21.9. The number of hydrogen-bond acceptors (Lipinski definition) is 3. The van der Waals surface area contributed by atoms with Crippen LogP contribution in [0, 0.1) is 12.7 Å². The lowest BCUT2D eigenvalue weighted by atomic mass is 10.1. The molecule has 2 aromatic carbocycles. The second-order valence-corrected chi connectivity index (χ2v) is 7.16. The van der Waals surface area contributed by atoms with Gasteiger partial charge in [0.15, 0.2) is 0 Å². The molecule has 6 nitrogen and oxygen atoms in total. The Hall–Kier alpha value is -3.22. The number of hydrogen-bond donors (Lipinski definition) is 2. The maximum absolute atomic E-state index is 13.0. The van der Waals surface area contributed by atoms with Crippen molar-refractivity contribution in [1.29, 1.82) is 0 Å². The van der Waals surface area contributed by atoms with Crippen LogP contribution in [-0.2, 0) is 20.8 Å². The maximum atomic E-state index is 13.0. The fourth-order valence-electron chi connectivity index (χ4n) is 2.78. The highest BCUT2D eigenvalue weighted by atomic mass is 19.1. The Morgan fingerprint density at radius 1 is 0.967 bits per heavy atom. The number of carbonyl (C=O) groups is 3. The Bertz CT molecular complexity index is 851. The summed E-state index contributed by atoms with van der Waals surface area (Å²) in [6, 6.07) is 13.1. The number of rotatable bonds is 10. The fraction of sp³-hybridized carbons (Fsp3) is 0.348. The number of anilines is 1. The molecule has 2 aromatic rings. The third-order valence-corrected chi connectivity index (χ3v) is 4.52. The van der Waals surface area contributed by atoms with E-state index < -0.39 is 5.91 Å². The molecule has 0 radical (unpaired) electrons. The minimum atomic E-state index is -0.405. The largest absolute Gasteiger partial charge is 0.345 e. The first-order valence-corrected chi connectivity index (χ1v) is 10.0. The van der Waals surface area contributed by atoms with E-state index in [0.717, 1.165) is 18.4 Å². The molecule has 160 valence electrons. The summed E-state index contributed by atoms with van der Waals surface area (Å²) in [4.78, 5) is 38.4. The Labute approximate surface area is 176 Å². The van der Waals surface area contributed by atoms with E-state index in [1.165, 1.54) is 17.0 Å². The molecular formula is C23H28FN3O3. The molecule has 0 aliphatic heterocycles. The molecule has 3 amide bonds. The summed E-state index contributed by atoms with van der Waals surface area (Å²) >= 11 is 0. The van der Waals surface area contributed by atoms with Crippen molar-refractivity contribution in [1.82, 2.24) is 10.2 Å². The lowest BCUT2D eigenvalue weighted by molar-refractivity contribution is -0.135. The van der Waals surface area contributed by atoms with Gasteiger partial charge in [0.2, 0.25) is 17.7 Å². The number of nitrogens with one attached hydrogen (secondary N) is 2. The Balaban J connectivity index is 1.85. The summed E-state index contributed by atoms with van der Waals surface area (Å²) in [5.41, 5.74) is 2.42.